The van der Waals surface area contributed by atoms with Crippen LogP contribution in [-0.4, -0.2) is 30.1 Å². The van der Waals surface area contributed by atoms with Gasteiger partial charge in [-0.25, -0.2) is 18.1 Å². The molecule has 4 aromatic rings. The van der Waals surface area contributed by atoms with E-state index in [2.05, 4.69) is 45.2 Å². The maximum atomic E-state index is 13.1. The first kappa shape index (κ1) is 28.3. The van der Waals surface area contributed by atoms with Crippen LogP contribution in [0.4, 0.5) is 0 Å². The number of aromatic amines is 1. The lowest BCUT2D eigenvalue weighted by molar-refractivity contribution is 0.406. The third-order valence-electron chi connectivity index (χ3n) is 7.44. The number of H-pyrrole nitrogens is 1. The first-order valence-corrected chi connectivity index (χ1v) is 17.6. The minimum atomic E-state index is -3.63. The van der Waals surface area contributed by atoms with Crippen LogP contribution < -0.4 is 10.3 Å². The summed E-state index contributed by atoms with van der Waals surface area (Å²) in [6, 6.07) is 15.0. The summed E-state index contributed by atoms with van der Waals surface area (Å²) in [5, 5.41) is 2.58. The summed E-state index contributed by atoms with van der Waals surface area (Å²) >= 11 is 4.73. The molecule has 2 atom stereocenters. The summed E-state index contributed by atoms with van der Waals surface area (Å²) in [6.45, 7) is 3.84. The van der Waals surface area contributed by atoms with Gasteiger partial charge in [0.25, 0.3) is 5.56 Å². The number of thiophene rings is 2. The first-order valence-electron chi connectivity index (χ1n) is 13.5. The molecule has 0 radical (unpaired) electrons. The van der Waals surface area contributed by atoms with Gasteiger partial charge in [0.05, 0.1) is 15.5 Å². The molecule has 7 nitrogen and oxygen atoms in total. The van der Waals surface area contributed by atoms with Crippen LogP contribution in [-0.2, 0) is 15.8 Å². The van der Waals surface area contributed by atoms with Crippen LogP contribution in [0.2, 0.25) is 0 Å². The Morgan fingerprint density at radius 2 is 1.88 bits per heavy atom. The van der Waals surface area contributed by atoms with Crippen LogP contribution in [0.25, 0.3) is 20.3 Å². The van der Waals surface area contributed by atoms with Gasteiger partial charge < -0.3 is 4.98 Å². The quantitative estimate of drug-likeness (QED) is 0.162. The van der Waals surface area contributed by atoms with E-state index in [1.807, 2.05) is 24.3 Å². The van der Waals surface area contributed by atoms with Gasteiger partial charge in [-0.05, 0) is 80.8 Å². The SMILES string of the molecule is CC1=NC2=CCC(NS(=O)(=O)c3ccc(CSc4nc(-c5ccc(-c6cccs6)s5)c(C)c(=O)[nH]4)cc3)C[C@H]2CC1. The molecule has 212 valence electrons. The van der Waals surface area contributed by atoms with E-state index in [0.29, 0.717) is 34.5 Å². The molecule has 0 fully saturated rings. The molecule has 1 aliphatic heterocycles. The third kappa shape index (κ3) is 6.34. The number of rotatable bonds is 8. The Morgan fingerprint density at radius 1 is 1.07 bits per heavy atom. The fourth-order valence-corrected chi connectivity index (χ4v) is 9.15. The van der Waals surface area contributed by atoms with E-state index in [1.165, 1.54) is 16.6 Å². The van der Waals surface area contributed by atoms with Crippen LogP contribution >= 0.6 is 34.4 Å². The number of benzene rings is 1. The van der Waals surface area contributed by atoms with Crippen molar-refractivity contribution >= 4 is 50.2 Å². The number of nitrogens with one attached hydrogen (secondary N) is 2. The van der Waals surface area contributed by atoms with Crippen LogP contribution in [0.3, 0.4) is 0 Å². The van der Waals surface area contributed by atoms with Crippen molar-refractivity contribution in [1.29, 1.82) is 0 Å². The number of hydrogen-bond donors (Lipinski definition) is 2. The lowest BCUT2D eigenvalue weighted by Crippen LogP contribution is -2.38. The average molecular weight is 623 g/mol. The van der Waals surface area contributed by atoms with Crippen molar-refractivity contribution in [3.8, 4) is 20.3 Å². The number of thioether (sulfide) groups is 1. The van der Waals surface area contributed by atoms with Gasteiger partial charge in [0.1, 0.15) is 0 Å². The van der Waals surface area contributed by atoms with Crippen molar-refractivity contribution < 1.29 is 8.42 Å². The fraction of sp³-hybridized carbons (Fsp3) is 0.300. The molecule has 1 unspecified atom stereocenters. The van der Waals surface area contributed by atoms with Gasteiger partial charge in [-0.15, -0.1) is 22.7 Å². The summed E-state index contributed by atoms with van der Waals surface area (Å²) in [7, 11) is -3.63. The molecule has 4 heterocycles. The number of sulfonamides is 1. The van der Waals surface area contributed by atoms with Gasteiger partial charge in [0, 0.05) is 44.4 Å². The zero-order valence-electron chi connectivity index (χ0n) is 22.7. The second kappa shape index (κ2) is 11.8. The number of hydrogen-bond acceptors (Lipinski definition) is 8. The Bertz CT molecular complexity index is 1790. The highest BCUT2D eigenvalue weighted by molar-refractivity contribution is 7.98. The summed E-state index contributed by atoms with van der Waals surface area (Å²) in [5.41, 5.74) is 4.33. The molecule has 1 aromatic carbocycles. The molecule has 0 saturated heterocycles. The number of fused-ring (bicyclic) bond motifs is 1. The van der Waals surface area contributed by atoms with E-state index in [4.69, 9.17) is 4.98 Å². The van der Waals surface area contributed by atoms with E-state index in [1.54, 1.807) is 41.7 Å². The van der Waals surface area contributed by atoms with Crippen molar-refractivity contribution in [2.75, 3.05) is 0 Å². The van der Waals surface area contributed by atoms with E-state index in [-0.39, 0.29) is 16.5 Å². The molecule has 11 heteroatoms. The van der Waals surface area contributed by atoms with E-state index < -0.39 is 10.0 Å². The Morgan fingerprint density at radius 3 is 2.66 bits per heavy atom. The summed E-state index contributed by atoms with van der Waals surface area (Å²) < 4.78 is 29.1. The maximum absolute atomic E-state index is 13.1. The molecule has 1 aliphatic carbocycles. The number of aromatic nitrogens is 2. The van der Waals surface area contributed by atoms with Crippen LogP contribution in [0.1, 0.15) is 43.7 Å². The highest BCUT2D eigenvalue weighted by Crippen LogP contribution is 2.37. The van der Waals surface area contributed by atoms with Crippen molar-refractivity contribution in [2.24, 2.45) is 10.9 Å². The molecule has 2 aliphatic rings. The molecule has 3 aromatic heterocycles. The lowest BCUT2D eigenvalue weighted by atomic mass is 9.84. The third-order valence-corrected chi connectivity index (χ3v) is 12.1. The first-order chi connectivity index (χ1) is 19.7. The highest BCUT2D eigenvalue weighted by atomic mass is 32.2. The van der Waals surface area contributed by atoms with Gasteiger partial charge in [-0.1, -0.05) is 36.0 Å². The van der Waals surface area contributed by atoms with Crippen molar-refractivity contribution in [3.05, 3.63) is 87.2 Å². The lowest BCUT2D eigenvalue weighted by Gasteiger charge is -2.31. The molecular weight excluding hydrogens is 593 g/mol. The van der Waals surface area contributed by atoms with Gasteiger partial charge in [0.2, 0.25) is 10.0 Å². The number of aliphatic imine (C=N–C) groups is 1. The topological polar surface area (TPSA) is 104 Å². The van der Waals surface area contributed by atoms with Crippen molar-refractivity contribution in [1.82, 2.24) is 14.7 Å². The van der Waals surface area contributed by atoms with Crippen molar-refractivity contribution in [3.63, 3.8) is 0 Å². The zero-order valence-corrected chi connectivity index (χ0v) is 26.0. The van der Waals surface area contributed by atoms with E-state index >= 15 is 0 Å². The Kier molecular flexibility index (Phi) is 8.15. The zero-order chi connectivity index (χ0) is 28.6. The predicted octanol–water partition coefficient (Wildman–Crippen LogP) is 7.02. The van der Waals surface area contributed by atoms with Crippen LogP contribution in [0.15, 0.2) is 85.5 Å². The predicted molar refractivity (Wildman–Crippen MR) is 169 cm³/mol. The molecule has 2 N–H and O–H groups in total. The molecule has 0 amide bonds. The summed E-state index contributed by atoms with van der Waals surface area (Å²) in [4.78, 5) is 28.6. The highest BCUT2D eigenvalue weighted by Gasteiger charge is 2.29. The standard InChI is InChI=1S/C30H30N4O3S4/c1-18-5-8-21-16-22(9-12-24(21)31-18)34-41(36,37)23-10-6-20(7-11-23)17-39-30-32-28(19(2)29(35)33-30)27-14-13-26(40-27)25-4-3-15-38-25/h3-4,6-7,10-15,21-22,34H,5,8-9,16-17H2,1-2H3,(H,32,33,35)/t21-,22?/m1/s1. The van der Waals surface area contributed by atoms with E-state index in [0.717, 1.165) is 46.0 Å². The van der Waals surface area contributed by atoms with Gasteiger partial charge in [-0.3, -0.25) is 9.79 Å². The Balaban J connectivity index is 1.11. The van der Waals surface area contributed by atoms with Crippen LogP contribution in [0, 0.1) is 12.8 Å². The second-order valence-electron chi connectivity index (χ2n) is 10.4. The fourth-order valence-electron chi connectivity index (χ4n) is 5.19. The Hall–Kier alpha value is -2.83. The second-order valence-corrected chi connectivity index (χ2v) is 15.1. The minimum Gasteiger partial charge on any atom is -0.301 e. The normalized spacial score (nSPS) is 19.0. The smallest absolute Gasteiger partial charge is 0.255 e. The summed E-state index contributed by atoms with van der Waals surface area (Å²) in [5.74, 6) is 0.867. The molecular formula is C30H30N4O3S4. The monoisotopic (exact) mass is 622 g/mol. The average Bonchev–Trinajstić information content (AvgIpc) is 3.67. The Labute approximate surface area is 251 Å². The van der Waals surface area contributed by atoms with Gasteiger partial charge >= 0.3 is 0 Å². The minimum absolute atomic E-state index is 0.124. The van der Waals surface area contributed by atoms with Gasteiger partial charge in [-0.2, -0.15) is 0 Å². The maximum Gasteiger partial charge on any atom is 0.255 e. The van der Waals surface area contributed by atoms with Crippen LogP contribution in [0.5, 0.6) is 0 Å². The summed E-state index contributed by atoms with van der Waals surface area (Å²) in [6.07, 6.45) is 5.51. The number of allylic oxidation sites excluding steroid dienone is 1. The largest absolute Gasteiger partial charge is 0.301 e. The molecule has 0 bridgehead atoms. The van der Waals surface area contributed by atoms with Crippen molar-refractivity contribution in [2.45, 2.75) is 61.4 Å². The number of nitrogens with zero attached hydrogens (tertiary/aromatic N) is 2. The molecule has 41 heavy (non-hydrogen) atoms. The van der Waals surface area contributed by atoms with E-state index in [9.17, 15) is 13.2 Å². The molecule has 0 spiro atoms. The molecule has 0 saturated carbocycles. The molecule has 6 rings (SSSR count). The van der Waals surface area contributed by atoms with Gasteiger partial charge in [0.15, 0.2) is 5.16 Å².